The molecule has 1 fully saturated rings. The number of nitrogens with zero attached hydrogens (tertiary/aromatic N) is 2. The van der Waals surface area contributed by atoms with Crippen molar-refractivity contribution in [3.05, 3.63) is 17.8 Å². The number of hydrogen-bond donors (Lipinski definition) is 0. The molecule has 1 aromatic rings. The summed E-state index contributed by atoms with van der Waals surface area (Å²) in [5, 5.41) is 0. The highest BCUT2D eigenvalue weighted by molar-refractivity contribution is 5.92. The fourth-order valence-corrected chi connectivity index (χ4v) is 2.24. The minimum atomic E-state index is -0.231. The van der Waals surface area contributed by atoms with Crippen molar-refractivity contribution in [3.63, 3.8) is 0 Å². The zero-order valence-electron chi connectivity index (χ0n) is 11.2. The van der Waals surface area contributed by atoms with Crippen molar-refractivity contribution in [2.24, 2.45) is 5.92 Å². The van der Waals surface area contributed by atoms with Gasteiger partial charge >= 0.3 is 5.97 Å². The minimum absolute atomic E-state index is 0.189. The molecule has 0 N–H and O–H groups in total. The predicted molar refractivity (Wildman–Crippen MR) is 66.5 cm³/mol. The Hall–Kier alpha value is -1.85. The van der Waals surface area contributed by atoms with E-state index in [0.29, 0.717) is 31.3 Å². The number of carbonyl (C=O) groups is 2. The molecular formula is C13H18N2O4. The van der Waals surface area contributed by atoms with Crippen LogP contribution in [0.5, 0.6) is 0 Å². The Morgan fingerprint density at radius 3 is 3.00 bits per heavy atom. The van der Waals surface area contributed by atoms with E-state index in [1.165, 1.54) is 6.26 Å². The highest BCUT2D eigenvalue weighted by Gasteiger charge is 2.30. The van der Waals surface area contributed by atoms with Gasteiger partial charge in [-0.3, -0.25) is 9.59 Å². The van der Waals surface area contributed by atoms with Gasteiger partial charge < -0.3 is 14.1 Å². The van der Waals surface area contributed by atoms with E-state index in [4.69, 9.17) is 9.15 Å². The van der Waals surface area contributed by atoms with E-state index in [9.17, 15) is 9.59 Å². The molecule has 0 aliphatic carbocycles. The number of piperidine rings is 1. The maximum Gasteiger partial charge on any atom is 0.310 e. The monoisotopic (exact) mass is 266 g/mol. The number of amides is 1. The third-order valence-corrected chi connectivity index (χ3v) is 3.17. The molecular weight excluding hydrogens is 248 g/mol. The zero-order chi connectivity index (χ0) is 13.8. The van der Waals surface area contributed by atoms with Gasteiger partial charge in [-0.25, -0.2) is 4.98 Å². The maximum absolute atomic E-state index is 12.2. The van der Waals surface area contributed by atoms with E-state index in [0.717, 1.165) is 12.8 Å². The topological polar surface area (TPSA) is 72.6 Å². The molecule has 2 rings (SSSR count). The summed E-state index contributed by atoms with van der Waals surface area (Å²) in [6, 6.07) is 0. The second-order valence-electron chi connectivity index (χ2n) is 4.59. The Labute approximate surface area is 111 Å². The molecule has 0 unspecified atom stereocenters. The normalized spacial score (nSPS) is 19.3. The van der Waals surface area contributed by atoms with Crippen molar-refractivity contribution in [2.45, 2.75) is 26.7 Å². The van der Waals surface area contributed by atoms with Crippen LogP contribution in [0.25, 0.3) is 0 Å². The van der Waals surface area contributed by atoms with Crippen molar-refractivity contribution >= 4 is 11.9 Å². The number of hydrogen-bond acceptors (Lipinski definition) is 5. The molecule has 1 amide bonds. The van der Waals surface area contributed by atoms with Crippen LogP contribution < -0.4 is 0 Å². The summed E-state index contributed by atoms with van der Waals surface area (Å²) in [7, 11) is 0. The molecule has 0 bridgehead atoms. The quantitative estimate of drug-likeness (QED) is 0.773. The van der Waals surface area contributed by atoms with Gasteiger partial charge in [0.1, 0.15) is 6.26 Å². The van der Waals surface area contributed by atoms with Gasteiger partial charge in [0, 0.05) is 20.0 Å². The number of aryl methyl sites for hydroxylation is 1. The molecule has 0 saturated carbocycles. The number of aromatic nitrogens is 1. The number of esters is 1. The second kappa shape index (κ2) is 5.86. The van der Waals surface area contributed by atoms with Gasteiger partial charge in [-0.05, 0) is 19.8 Å². The molecule has 1 aliphatic rings. The van der Waals surface area contributed by atoms with Crippen LogP contribution >= 0.6 is 0 Å². The van der Waals surface area contributed by atoms with Crippen LogP contribution in [0.15, 0.2) is 10.7 Å². The van der Waals surface area contributed by atoms with E-state index in [2.05, 4.69) is 4.98 Å². The average Bonchev–Trinajstić information content (AvgIpc) is 2.85. The lowest BCUT2D eigenvalue weighted by Gasteiger charge is -2.30. The molecule has 1 atom stereocenters. The summed E-state index contributed by atoms with van der Waals surface area (Å²) in [5.41, 5.74) is 0.294. The molecule has 104 valence electrons. The van der Waals surface area contributed by atoms with Gasteiger partial charge in [0.2, 0.25) is 0 Å². The largest absolute Gasteiger partial charge is 0.466 e. The van der Waals surface area contributed by atoms with E-state index in [-0.39, 0.29) is 17.8 Å². The molecule has 6 heteroatoms. The lowest BCUT2D eigenvalue weighted by atomic mass is 9.98. The molecule has 6 nitrogen and oxygen atoms in total. The first-order valence-corrected chi connectivity index (χ1v) is 6.50. The summed E-state index contributed by atoms with van der Waals surface area (Å²) in [6.45, 7) is 4.87. The highest BCUT2D eigenvalue weighted by atomic mass is 16.5. The Morgan fingerprint density at radius 2 is 2.37 bits per heavy atom. The highest BCUT2D eigenvalue weighted by Crippen LogP contribution is 2.19. The second-order valence-corrected chi connectivity index (χ2v) is 4.59. The van der Waals surface area contributed by atoms with Crippen LogP contribution in [0, 0.1) is 12.8 Å². The van der Waals surface area contributed by atoms with Crippen LogP contribution in [-0.2, 0) is 9.53 Å². The number of ether oxygens (including phenoxy) is 1. The summed E-state index contributed by atoms with van der Waals surface area (Å²) >= 11 is 0. The van der Waals surface area contributed by atoms with E-state index >= 15 is 0 Å². The number of oxazole rings is 1. The Balaban J connectivity index is 2.01. The van der Waals surface area contributed by atoms with Gasteiger partial charge in [-0.1, -0.05) is 0 Å². The molecule has 0 radical (unpaired) electrons. The van der Waals surface area contributed by atoms with E-state index in [1.807, 2.05) is 0 Å². The van der Waals surface area contributed by atoms with Gasteiger partial charge in [0.25, 0.3) is 5.91 Å². The van der Waals surface area contributed by atoms with Crippen LogP contribution in [0.3, 0.4) is 0 Å². The number of rotatable bonds is 3. The SMILES string of the molecule is CCOC(=O)[C@@H]1CCCN(C(=O)c2coc(C)n2)C1. The van der Waals surface area contributed by atoms with E-state index < -0.39 is 0 Å². The molecule has 1 saturated heterocycles. The van der Waals surface area contributed by atoms with Crippen molar-refractivity contribution in [1.82, 2.24) is 9.88 Å². The third kappa shape index (κ3) is 3.13. The first-order valence-electron chi connectivity index (χ1n) is 6.50. The Bertz CT molecular complexity index is 469. The van der Waals surface area contributed by atoms with Gasteiger partial charge in [-0.2, -0.15) is 0 Å². The van der Waals surface area contributed by atoms with Crippen LogP contribution in [-0.4, -0.2) is 41.5 Å². The molecule has 1 aliphatic heterocycles. The molecule has 0 spiro atoms. The zero-order valence-corrected chi connectivity index (χ0v) is 11.2. The molecule has 19 heavy (non-hydrogen) atoms. The number of carbonyl (C=O) groups excluding carboxylic acids is 2. The summed E-state index contributed by atoms with van der Waals surface area (Å²) < 4.78 is 10.0. The van der Waals surface area contributed by atoms with Crippen molar-refractivity contribution in [3.8, 4) is 0 Å². The first-order chi connectivity index (χ1) is 9.11. The van der Waals surface area contributed by atoms with Crippen LogP contribution in [0.1, 0.15) is 36.1 Å². The van der Waals surface area contributed by atoms with Crippen molar-refractivity contribution < 1.29 is 18.7 Å². The van der Waals surface area contributed by atoms with Gasteiger partial charge in [0.15, 0.2) is 11.6 Å². The summed E-state index contributed by atoms with van der Waals surface area (Å²) in [6.07, 6.45) is 2.91. The maximum atomic E-state index is 12.2. The minimum Gasteiger partial charge on any atom is -0.466 e. The van der Waals surface area contributed by atoms with Crippen LogP contribution in [0.2, 0.25) is 0 Å². The third-order valence-electron chi connectivity index (χ3n) is 3.17. The predicted octanol–water partition coefficient (Wildman–Crippen LogP) is 1.40. The smallest absolute Gasteiger partial charge is 0.310 e. The molecule has 0 aromatic carbocycles. The fraction of sp³-hybridized carbons (Fsp3) is 0.615. The van der Waals surface area contributed by atoms with Crippen molar-refractivity contribution in [1.29, 1.82) is 0 Å². The average molecular weight is 266 g/mol. The van der Waals surface area contributed by atoms with Crippen molar-refractivity contribution in [2.75, 3.05) is 19.7 Å². The Kier molecular flexibility index (Phi) is 4.19. The first kappa shape index (κ1) is 13.6. The number of likely N-dealkylation sites (tertiary alicyclic amines) is 1. The summed E-state index contributed by atoms with van der Waals surface area (Å²) in [5.74, 6) is -0.185. The molecule has 1 aromatic heterocycles. The van der Waals surface area contributed by atoms with E-state index in [1.54, 1.807) is 18.7 Å². The molecule has 2 heterocycles. The lowest BCUT2D eigenvalue weighted by Crippen LogP contribution is -2.42. The van der Waals surface area contributed by atoms with Gasteiger partial charge in [-0.15, -0.1) is 0 Å². The standard InChI is InChI=1S/C13H18N2O4/c1-3-18-13(17)10-5-4-6-15(7-10)12(16)11-8-19-9(2)14-11/h8,10H,3-7H2,1-2H3/t10-/m1/s1. The Morgan fingerprint density at radius 1 is 1.58 bits per heavy atom. The fourth-order valence-electron chi connectivity index (χ4n) is 2.24. The summed E-state index contributed by atoms with van der Waals surface area (Å²) in [4.78, 5) is 29.6. The van der Waals surface area contributed by atoms with Gasteiger partial charge in [0.05, 0.1) is 12.5 Å². The van der Waals surface area contributed by atoms with Crippen LogP contribution in [0.4, 0.5) is 0 Å². The lowest BCUT2D eigenvalue weighted by molar-refractivity contribution is -0.149.